The minimum absolute atomic E-state index is 0.346. The number of hydrogen-bond donors (Lipinski definition) is 1. The lowest BCUT2D eigenvalue weighted by atomic mass is 10.0. The first-order valence-corrected chi connectivity index (χ1v) is 10.3. The molecule has 5 nitrogen and oxygen atoms in total. The molecule has 0 atom stereocenters. The molecule has 0 aliphatic rings. The van der Waals surface area contributed by atoms with Crippen LogP contribution in [-0.2, 0) is 0 Å². The molecule has 0 heterocycles. The van der Waals surface area contributed by atoms with Gasteiger partial charge in [-0.1, -0.05) is 59.6 Å². The molecule has 1 N–H and O–H groups in total. The second-order valence-electron chi connectivity index (χ2n) is 7.16. The zero-order chi connectivity index (χ0) is 22.5. The van der Waals surface area contributed by atoms with E-state index in [9.17, 15) is 9.59 Å². The maximum absolute atomic E-state index is 12.7. The number of carbonyl (C=O) groups excluding carboxylic acids is 2. The SMILES string of the molecule is Cc1ccc(C(=O)Oc2ccc3ccccc3c2C=NNC(=O)c2ccc(Cl)cc2)cc1. The first-order chi connectivity index (χ1) is 15.5. The summed E-state index contributed by atoms with van der Waals surface area (Å²) in [6.07, 6.45) is 1.48. The molecular weight excluding hydrogens is 424 g/mol. The first kappa shape index (κ1) is 21.3. The predicted octanol–water partition coefficient (Wildman–Crippen LogP) is 5.78. The Morgan fingerprint density at radius 1 is 0.875 bits per heavy atom. The Morgan fingerprint density at radius 3 is 2.31 bits per heavy atom. The van der Waals surface area contributed by atoms with Crippen molar-refractivity contribution in [3.05, 3.63) is 112 Å². The minimum Gasteiger partial charge on any atom is -0.422 e. The smallest absolute Gasteiger partial charge is 0.343 e. The van der Waals surface area contributed by atoms with Gasteiger partial charge in [-0.05, 0) is 60.2 Å². The van der Waals surface area contributed by atoms with E-state index in [0.29, 0.717) is 27.5 Å². The van der Waals surface area contributed by atoms with E-state index in [-0.39, 0.29) is 5.91 Å². The normalized spacial score (nSPS) is 10.9. The van der Waals surface area contributed by atoms with Crippen LogP contribution in [0.4, 0.5) is 0 Å². The number of hydrogen-bond acceptors (Lipinski definition) is 4. The molecule has 1 amide bonds. The number of halogens is 1. The average molecular weight is 443 g/mol. The summed E-state index contributed by atoms with van der Waals surface area (Å²) in [6, 6.07) is 24.9. The van der Waals surface area contributed by atoms with Crippen molar-refractivity contribution < 1.29 is 14.3 Å². The number of rotatable bonds is 5. The van der Waals surface area contributed by atoms with Crippen molar-refractivity contribution >= 4 is 40.5 Å². The van der Waals surface area contributed by atoms with Gasteiger partial charge in [0.25, 0.3) is 5.91 Å². The van der Waals surface area contributed by atoms with Crippen LogP contribution in [0.5, 0.6) is 5.75 Å². The molecule has 0 aliphatic carbocycles. The Morgan fingerprint density at radius 2 is 1.56 bits per heavy atom. The number of fused-ring (bicyclic) bond motifs is 1. The standard InChI is InChI=1S/C26H19ClN2O3/c1-17-6-8-20(9-7-17)26(31)32-24-15-12-18-4-2-3-5-22(18)23(24)16-28-29-25(30)19-10-13-21(27)14-11-19/h2-16H,1H3,(H,29,30). The lowest BCUT2D eigenvalue weighted by Gasteiger charge is -2.11. The Hall–Kier alpha value is -3.96. The highest BCUT2D eigenvalue weighted by Gasteiger charge is 2.13. The molecule has 4 aromatic rings. The molecule has 0 saturated heterocycles. The van der Waals surface area contributed by atoms with Gasteiger partial charge in [-0.3, -0.25) is 4.79 Å². The highest BCUT2D eigenvalue weighted by atomic mass is 35.5. The molecule has 0 spiro atoms. The summed E-state index contributed by atoms with van der Waals surface area (Å²) >= 11 is 5.86. The number of amides is 1. The molecule has 0 bridgehead atoms. The van der Waals surface area contributed by atoms with Gasteiger partial charge in [0.15, 0.2) is 0 Å². The lowest BCUT2D eigenvalue weighted by Crippen LogP contribution is -2.17. The van der Waals surface area contributed by atoms with Crippen LogP contribution in [0.15, 0.2) is 90.0 Å². The molecular formula is C26H19ClN2O3. The zero-order valence-electron chi connectivity index (χ0n) is 17.2. The van der Waals surface area contributed by atoms with E-state index in [1.165, 1.54) is 6.21 Å². The van der Waals surface area contributed by atoms with E-state index < -0.39 is 5.97 Å². The number of ether oxygens (including phenoxy) is 1. The van der Waals surface area contributed by atoms with Gasteiger partial charge in [0.05, 0.1) is 11.8 Å². The molecule has 0 radical (unpaired) electrons. The van der Waals surface area contributed by atoms with E-state index in [0.717, 1.165) is 16.3 Å². The molecule has 158 valence electrons. The van der Waals surface area contributed by atoms with Crippen molar-refractivity contribution in [1.82, 2.24) is 5.43 Å². The van der Waals surface area contributed by atoms with E-state index in [1.54, 1.807) is 42.5 Å². The fourth-order valence-corrected chi connectivity index (χ4v) is 3.29. The van der Waals surface area contributed by atoms with E-state index in [1.807, 2.05) is 49.4 Å². The number of aryl methyl sites for hydroxylation is 1. The molecule has 4 aromatic carbocycles. The van der Waals surface area contributed by atoms with E-state index in [2.05, 4.69) is 10.5 Å². The van der Waals surface area contributed by atoms with Crippen LogP contribution < -0.4 is 10.2 Å². The number of nitrogens with zero attached hydrogens (tertiary/aromatic N) is 1. The Balaban J connectivity index is 1.62. The van der Waals surface area contributed by atoms with Crippen molar-refractivity contribution in [3.8, 4) is 5.75 Å². The fourth-order valence-electron chi connectivity index (χ4n) is 3.17. The van der Waals surface area contributed by atoms with Gasteiger partial charge < -0.3 is 4.74 Å². The average Bonchev–Trinajstić information content (AvgIpc) is 2.81. The topological polar surface area (TPSA) is 67.8 Å². The van der Waals surface area contributed by atoms with Crippen LogP contribution in [-0.4, -0.2) is 18.1 Å². The number of hydrazone groups is 1. The van der Waals surface area contributed by atoms with Gasteiger partial charge in [-0.25, -0.2) is 10.2 Å². The third-order valence-corrected chi connectivity index (χ3v) is 5.14. The van der Waals surface area contributed by atoms with Crippen molar-refractivity contribution in [2.45, 2.75) is 6.92 Å². The van der Waals surface area contributed by atoms with Gasteiger partial charge in [0.2, 0.25) is 0 Å². The fraction of sp³-hybridized carbons (Fsp3) is 0.0385. The molecule has 0 aliphatic heterocycles. The Bertz CT molecular complexity index is 1310. The number of nitrogens with one attached hydrogen (secondary N) is 1. The van der Waals surface area contributed by atoms with E-state index in [4.69, 9.17) is 16.3 Å². The summed E-state index contributed by atoms with van der Waals surface area (Å²) in [4.78, 5) is 25.0. The van der Waals surface area contributed by atoms with Gasteiger partial charge in [0, 0.05) is 16.1 Å². The second kappa shape index (κ2) is 9.45. The molecule has 4 rings (SSSR count). The van der Waals surface area contributed by atoms with Gasteiger partial charge in [-0.2, -0.15) is 5.10 Å². The third kappa shape index (κ3) is 4.85. The van der Waals surface area contributed by atoms with Gasteiger partial charge in [0.1, 0.15) is 5.75 Å². The van der Waals surface area contributed by atoms with Gasteiger partial charge in [-0.15, -0.1) is 0 Å². The highest BCUT2D eigenvalue weighted by Crippen LogP contribution is 2.27. The predicted molar refractivity (Wildman–Crippen MR) is 127 cm³/mol. The first-order valence-electron chi connectivity index (χ1n) is 9.91. The van der Waals surface area contributed by atoms with Crippen LogP contribution >= 0.6 is 11.6 Å². The molecule has 0 unspecified atom stereocenters. The van der Waals surface area contributed by atoms with Crippen molar-refractivity contribution in [2.24, 2.45) is 5.10 Å². The summed E-state index contributed by atoms with van der Waals surface area (Å²) in [5.41, 5.74) is 5.01. The summed E-state index contributed by atoms with van der Waals surface area (Å²) in [5, 5.41) is 6.43. The van der Waals surface area contributed by atoms with Crippen molar-refractivity contribution in [3.63, 3.8) is 0 Å². The van der Waals surface area contributed by atoms with Crippen molar-refractivity contribution in [1.29, 1.82) is 0 Å². The van der Waals surface area contributed by atoms with Crippen LogP contribution in [0, 0.1) is 6.92 Å². The maximum atomic E-state index is 12.7. The quantitative estimate of drug-likeness (QED) is 0.184. The molecule has 6 heteroatoms. The molecule has 0 fully saturated rings. The van der Waals surface area contributed by atoms with Crippen LogP contribution in [0.25, 0.3) is 10.8 Å². The lowest BCUT2D eigenvalue weighted by molar-refractivity contribution is 0.0734. The number of esters is 1. The summed E-state index contributed by atoms with van der Waals surface area (Å²) < 4.78 is 5.68. The number of carbonyl (C=O) groups is 2. The third-order valence-electron chi connectivity index (χ3n) is 4.89. The second-order valence-corrected chi connectivity index (χ2v) is 7.60. The Labute approximate surface area is 190 Å². The van der Waals surface area contributed by atoms with Crippen LogP contribution in [0.1, 0.15) is 31.8 Å². The molecule has 0 aromatic heterocycles. The maximum Gasteiger partial charge on any atom is 0.343 e. The van der Waals surface area contributed by atoms with E-state index >= 15 is 0 Å². The largest absolute Gasteiger partial charge is 0.422 e. The Kier molecular flexibility index (Phi) is 6.29. The molecule has 32 heavy (non-hydrogen) atoms. The zero-order valence-corrected chi connectivity index (χ0v) is 18.0. The monoisotopic (exact) mass is 442 g/mol. The summed E-state index contributed by atoms with van der Waals surface area (Å²) in [7, 11) is 0. The van der Waals surface area contributed by atoms with Crippen LogP contribution in [0.2, 0.25) is 5.02 Å². The van der Waals surface area contributed by atoms with Crippen molar-refractivity contribution in [2.75, 3.05) is 0 Å². The highest BCUT2D eigenvalue weighted by molar-refractivity contribution is 6.30. The summed E-state index contributed by atoms with van der Waals surface area (Å²) in [5.74, 6) is -0.504. The minimum atomic E-state index is -0.472. The van der Waals surface area contributed by atoms with Gasteiger partial charge >= 0.3 is 5.97 Å². The molecule has 0 saturated carbocycles. The van der Waals surface area contributed by atoms with Crippen LogP contribution in [0.3, 0.4) is 0 Å². The summed E-state index contributed by atoms with van der Waals surface area (Å²) in [6.45, 7) is 1.95. The number of benzene rings is 4.